The van der Waals surface area contributed by atoms with Gasteiger partial charge in [-0.3, -0.25) is 9.59 Å². The molecule has 4 atom stereocenters. The number of aliphatic carboxylic acids is 1. The van der Waals surface area contributed by atoms with Crippen LogP contribution in [0.2, 0.25) is 0 Å². The summed E-state index contributed by atoms with van der Waals surface area (Å²) in [6.45, 7) is 0.483. The van der Waals surface area contributed by atoms with E-state index < -0.39 is 42.1 Å². The lowest BCUT2D eigenvalue weighted by molar-refractivity contribution is -0.153. The van der Waals surface area contributed by atoms with Crippen molar-refractivity contribution in [2.24, 2.45) is 5.92 Å². The van der Waals surface area contributed by atoms with Crippen molar-refractivity contribution in [3.63, 3.8) is 0 Å². The number of hydrogen-bond acceptors (Lipinski definition) is 6. The van der Waals surface area contributed by atoms with Crippen molar-refractivity contribution in [1.29, 1.82) is 0 Å². The van der Waals surface area contributed by atoms with Crippen LogP contribution in [0.25, 0.3) is 11.1 Å². The molecule has 35 heavy (non-hydrogen) atoms. The third-order valence-electron chi connectivity index (χ3n) is 7.07. The molecule has 1 aliphatic carbocycles. The Morgan fingerprint density at radius 3 is 2.34 bits per heavy atom. The van der Waals surface area contributed by atoms with E-state index >= 15 is 0 Å². The Morgan fingerprint density at radius 2 is 1.69 bits per heavy atom. The highest BCUT2D eigenvalue weighted by atomic mass is 16.6. The van der Waals surface area contributed by atoms with Gasteiger partial charge in [-0.2, -0.15) is 0 Å². The summed E-state index contributed by atoms with van der Waals surface area (Å²) >= 11 is 0. The minimum atomic E-state index is -1.05. The molecule has 0 aromatic heterocycles. The second-order valence-corrected chi connectivity index (χ2v) is 9.32. The number of β-amino-alcohol motifs (C(OH)–C–C–N with tert-alkyl or cyclic N) is 1. The molecule has 0 saturated carbocycles. The minimum Gasteiger partial charge on any atom is -0.481 e. The number of fused-ring (bicyclic) bond motifs is 3. The number of benzene rings is 2. The van der Waals surface area contributed by atoms with Crippen molar-refractivity contribution in [2.75, 3.05) is 26.3 Å². The Bertz CT molecular complexity index is 1090. The molecule has 4 unspecified atom stereocenters. The van der Waals surface area contributed by atoms with Gasteiger partial charge in [-0.05, 0) is 35.1 Å². The van der Waals surface area contributed by atoms with Gasteiger partial charge in [-0.25, -0.2) is 4.79 Å². The van der Waals surface area contributed by atoms with E-state index in [0.29, 0.717) is 6.42 Å². The summed E-state index contributed by atoms with van der Waals surface area (Å²) in [4.78, 5) is 38.4. The predicted octanol–water partition coefficient (Wildman–Crippen LogP) is 1.98. The summed E-state index contributed by atoms with van der Waals surface area (Å²) in [6.07, 6.45) is -1.97. The fourth-order valence-corrected chi connectivity index (χ4v) is 5.38. The van der Waals surface area contributed by atoms with Crippen LogP contribution in [0.1, 0.15) is 29.9 Å². The van der Waals surface area contributed by atoms with Gasteiger partial charge in [0.25, 0.3) is 5.91 Å². The van der Waals surface area contributed by atoms with Crippen LogP contribution in [0, 0.1) is 5.92 Å². The maximum atomic E-state index is 13.1. The number of aliphatic hydroxyl groups excluding tert-OH is 1. The summed E-state index contributed by atoms with van der Waals surface area (Å²) < 4.78 is 11.2. The summed E-state index contributed by atoms with van der Waals surface area (Å²) in [5, 5.41) is 22.1. The Labute approximate surface area is 202 Å². The molecule has 9 nitrogen and oxygen atoms in total. The van der Waals surface area contributed by atoms with Gasteiger partial charge in [0.1, 0.15) is 6.61 Å². The van der Waals surface area contributed by atoms with Crippen LogP contribution in [0.15, 0.2) is 48.5 Å². The average Bonchev–Trinajstić information content (AvgIpc) is 3.44. The van der Waals surface area contributed by atoms with Crippen molar-refractivity contribution in [3.8, 4) is 11.1 Å². The Kier molecular flexibility index (Phi) is 6.44. The quantitative estimate of drug-likeness (QED) is 0.598. The molecule has 5 rings (SSSR count). The lowest BCUT2D eigenvalue weighted by Gasteiger charge is -2.35. The highest BCUT2D eigenvalue weighted by Gasteiger charge is 2.41. The molecule has 2 heterocycles. The molecule has 184 valence electrons. The van der Waals surface area contributed by atoms with Crippen molar-refractivity contribution in [1.82, 2.24) is 10.2 Å². The third kappa shape index (κ3) is 4.61. The number of piperidine rings is 1. The SMILES string of the molecule is O=C(NC1CCOC1C(=O)N1CC(O)CC(C(=O)O)C1)OCC1c2ccccc2-c2ccccc21. The third-order valence-corrected chi connectivity index (χ3v) is 7.07. The number of amides is 2. The molecule has 3 N–H and O–H groups in total. The van der Waals surface area contributed by atoms with Crippen molar-refractivity contribution >= 4 is 18.0 Å². The number of carboxylic acid groups (broad SMARTS) is 1. The van der Waals surface area contributed by atoms with Gasteiger partial charge < -0.3 is 29.9 Å². The maximum absolute atomic E-state index is 13.1. The van der Waals surface area contributed by atoms with E-state index in [1.54, 1.807) is 0 Å². The van der Waals surface area contributed by atoms with Crippen LogP contribution < -0.4 is 5.32 Å². The first-order valence-corrected chi connectivity index (χ1v) is 11.8. The lowest BCUT2D eigenvalue weighted by Crippen LogP contribution is -2.55. The first-order valence-electron chi connectivity index (χ1n) is 11.8. The van der Waals surface area contributed by atoms with E-state index in [4.69, 9.17) is 9.47 Å². The van der Waals surface area contributed by atoms with Crippen LogP contribution >= 0.6 is 0 Å². The van der Waals surface area contributed by atoms with Gasteiger partial charge in [0.2, 0.25) is 0 Å². The molecular weight excluding hydrogens is 452 g/mol. The number of nitrogens with one attached hydrogen (secondary N) is 1. The van der Waals surface area contributed by atoms with Crippen LogP contribution in [-0.4, -0.2) is 77.6 Å². The van der Waals surface area contributed by atoms with E-state index in [1.807, 2.05) is 36.4 Å². The molecule has 0 spiro atoms. The Morgan fingerprint density at radius 1 is 1.03 bits per heavy atom. The number of carbonyl (C=O) groups is 3. The summed E-state index contributed by atoms with van der Waals surface area (Å²) in [7, 11) is 0. The number of carbonyl (C=O) groups excluding carboxylic acids is 2. The Hall–Kier alpha value is -3.43. The molecule has 9 heteroatoms. The fourth-order valence-electron chi connectivity index (χ4n) is 5.38. The number of nitrogens with zero attached hydrogens (tertiary/aromatic N) is 1. The largest absolute Gasteiger partial charge is 0.481 e. The summed E-state index contributed by atoms with van der Waals surface area (Å²) in [5.41, 5.74) is 4.48. The second-order valence-electron chi connectivity index (χ2n) is 9.32. The van der Waals surface area contributed by atoms with E-state index in [2.05, 4.69) is 17.4 Å². The summed E-state index contributed by atoms with van der Waals surface area (Å²) in [5.74, 6) is -2.40. The maximum Gasteiger partial charge on any atom is 0.407 e. The van der Waals surface area contributed by atoms with Gasteiger partial charge in [0.05, 0.1) is 18.1 Å². The van der Waals surface area contributed by atoms with Crippen molar-refractivity contribution in [3.05, 3.63) is 59.7 Å². The molecule has 0 radical (unpaired) electrons. The van der Waals surface area contributed by atoms with E-state index in [0.717, 1.165) is 22.3 Å². The first kappa shape index (κ1) is 23.3. The molecule has 2 aromatic rings. The van der Waals surface area contributed by atoms with Crippen LogP contribution in [0.5, 0.6) is 0 Å². The van der Waals surface area contributed by atoms with Gasteiger partial charge in [-0.15, -0.1) is 0 Å². The fraction of sp³-hybridized carbons (Fsp3) is 0.423. The second kappa shape index (κ2) is 9.67. The topological polar surface area (TPSA) is 125 Å². The lowest BCUT2D eigenvalue weighted by atomic mass is 9.95. The molecular formula is C26H28N2O7. The monoisotopic (exact) mass is 480 g/mol. The normalized spacial score (nSPS) is 25.6. The standard InChI is InChI=1S/C26H28N2O7/c29-16-11-15(25(31)32)12-28(13-16)24(30)23-22(9-10-34-23)27-26(33)35-14-21-19-7-3-1-5-17(19)18-6-2-4-8-20(18)21/h1-8,15-16,21-23,29H,9-14H2,(H,27,33)(H,31,32). The number of aliphatic hydroxyl groups is 1. The summed E-state index contributed by atoms with van der Waals surface area (Å²) in [6, 6.07) is 15.5. The van der Waals surface area contributed by atoms with E-state index in [9.17, 15) is 24.6 Å². The molecule has 2 aromatic carbocycles. The van der Waals surface area contributed by atoms with Crippen molar-refractivity contribution < 1.29 is 34.1 Å². The zero-order valence-corrected chi connectivity index (χ0v) is 19.1. The highest BCUT2D eigenvalue weighted by molar-refractivity contribution is 5.84. The van der Waals surface area contributed by atoms with Gasteiger partial charge >= 0.3 is 12.1 Å². The zero-order valence-electron chi connectivity index (χ0n) is 19.1. The van der Waals surface area contributed by atoms with Gasteiger partial charge in [0.15, 0.2) is 6.10 Å². The van der Waals surface area contributed by atoms with Gasteiger partial charge in [0, 0.05) is 25.6 Å². The minimum absolute atomic E-state index is 0.00273. The molecule has 2 saturated heterocycles. The van der Waals surface area contributed by atoms with E-state index in [-0.39, 0.29) is 38.6 Å². The zero-order chi connectivity index (χ0) is 24.5. The molecule has 2 amide bonds. The van der Waals surface area contributed by atoms with Crippen LogP contribution in [0.3, 0.4) is 0 Å². The molecule has 2 aliphatic heterocycles. The van der Waals surface area contributed by atoms with Gasteiger partial charge in [-0.1, -0.05) is 48.5 Å². The van der Waals surface area contributed by atoms with Crippen molar-refractivity contribution in [2.45, 2.75) is 37.0 Å². The number of likely N-dealkylation sites (tertiary alicyclic amines) is 1. The highest BCUT2D eigenvalue weighted by Crippen LogP contribution is 2.44. The number of hydrogen-bond donors (Lipinski definition) is 3. The molecule has 2 fully saturated rings. The Balaban J connectivity index is 1.21. The van der Waals surface area contributed by atoms with Crippen LogP contribution in [0.4, 0.5) is 4.79 Å². The average molecular weight is 481 g/mol. The number of carboxylic acids is 1. The predicted molar refractivity (Wildman–Crippen MR) is 125 cm³/mol. The number of ether oxygens (including phenoxy) is 2. The van der Waals surface area contributed by atoms with E-state index in [1.165, 1.54) is 4.90 Å². The molecule has 0 bridgehead atoms. The van der Waals surface area contributed by atoms with Crippen LogP contribution in [-0.2, 0) is 19.1 Å². The number of rotatable bonds is 5. The first-order chi connectivity index (χ1) is 16.9. The molecule has 3 aliphatic rings. The number of alkyl carbamates (subject to hydrolysis) is 1. The smallest absolute Gasteiger partial charge is 0.407 e.